The van der Waals surface area contributed by atoms with Gasteiger partial charge >= 0.3 is 0 Å². The van der Waals surface area contributed by atoms with Crippen molar-refractivity contribution in [3.8, 4) is 11.3 Å². The van der Waals surface area contributed by atoms with Gasteiger partial charge in [-0.3, -0.25) is 14.7 Å². The highest BCUT2D eigenvalue weighted by molar-refractivity contribution is 5.97. The molecule has 1 aromatic carbocycles. The Hall–Kier alpha value is -2.67. The Kier molecular flexibility index (Phi) is 4.11. The number of aromatic amines is 1. The van der Waals surface area contributed by atoms with Crippen molar-refractivity contribution in [3.05, 3.63) is 36.5 Å². The van der Waals surface area contributed by atoms with Crippen LogP contribution in [0, 0.1) is 0 Å². The molecule has 1 unspecified atom stereocenters. The van der Waals surface area contributed by atoms with Crippen molar-refractivity contribution in [3.63, 3.8) is 0 Å². The quantitative estimate of drug-likeness (QED) is 0.621. The number of amides is 2. The molecule has 0 bridgehead atoms. The highest BCUT2D eigenvalue weighted by Crippen LogP contribution is 2.20. The lowest BCUT2D eigenvalue weighted by atomic mass is 10.1. The van der Waals surface area contributed by atoms with E-state index in [9.17, 15) is 9.59 Å². The molecule has 0 fully saturated rings. The van der Waals surface area contributed by atoms with E-state index < -0.39 is 17.9 Å². The molecule has 2 rings (SSSR count). The number of H-pyrrole nitrogens is 1. The minimum absolute atomic E-state index is 0.188. The van der Waals surface area contributed by atoms with Crippen LogP contribution >= 0.6 is 0 Å². The largest absolute Gasteiger partial charge is 0.370 e. The number of rotatable bonds is 5. The zero-order chi connectivity index (χ0) is 14.5. The van der Waals surface area contributed by atoms with Crippen LogP contribution in [0.4, 0.5) is 5.69 Å². The van der Waals surface area contributed by atoms with Crippen LogP contribution in [0.25, 0.3) is 11.3 Å². The molecular weight excluding hydrogens is 258 g/mol. The first-order chi connectivity index (χ1) is 9.56. The number of carbonyl (C=O) groups excluding carboxylic acids is 2. The number of hydrogen-bond donors (Lipinski definition) is 4. The highest BCUT2D eigenvalue weighted by Gasteiger charge is 2.16. The Bertz CT molecular complexity index is 609. The zero-order valence-electron chi connectivity index (χ0n) is 10.7. The maximum Gasteiger partial charge on any atom is 0.241 e. The number of hydrogen-bond acceptors (Lipinski definition) is 4. The second kappa shape index (κ2) is 5.98. The summed E-state index contributed by atoms with van der Waals surface area (Å²) in [5, 5.41) is 9.34. The molecule has 2 aromatic rings. The van der Waals surface area contributed by atoms with Crippen molar-refractivity contribution in [1.29, 1.82) is 0 Å². The number of nitrogens with two attached hydrogens (primary N) is 2. The average Bonchev–Trinajstić information content (AvgIpc) is 2.92. The molecule has 20 heavy (non-hydrogen) atoms. The fraction of sp³-hybridized carbons (Fsp3) is 0.154. The van der Waals surface area contributed by atoms with Crippen LogP contribution < -0.4 is 16.8 Å². The lowest BCUT2D eigenvalue weighted by Gasteiger charge is -2.11. The number of anilines is 1. The van der Waals surface area contributed by atoms with E-state index in [4.69, 9.17) is 11.5 Å². The summed E-state index contributed by atoms with van der Waals surface area (Å²) in [5.74, 6) is -1.07. The second-order valence-corrected chi connectivity index (χ2v) is 4.32. The lowest BCUT2D eigenvalue weighted by Crippen LogP contribution is -2.38. The summed E-state index contributed by atoms with van der Waals surface area (Å²) in [7, 11) is 0. The maximum atomic E-state index is 11.8. The summed E-state index contributed by atoms with van der Waals surface area (Å²) in [6.07, 6.45) is 1.45. The molecule has 1 heterocycles. The molecule has 2 amide bonds. The van der Waals surface area contributed by atoms with Gasteiger partial charge in [-0.05, 0) is 18.2 Å². The minimum Gasteiger partial charge on any atom is -0.370 e. The third-order valence-corrected chi connectivity index (χ3v) is 2.70. The van der Waals surface area contributed by atoms with Crippen molar-refractivity contribution in [2.45, 2.75) is 12.5 Å². The molecule has 0 radical (unpaired) electrons. The number of nitrogens with one attached hydrogen (secondary N) is 2. The Morgan fingerprint density at radius 3 is 2.80 bits per heavy atom. The van der Waals surface area contributed by atoms with Gasteiger partial charge in [0.15, 0.2) is 0 Å². The van der Waals surface area contributed by atoms with Crippen LogP contribution in [0.2, 0.25) is 0 Å². The first kappa shape index (κ1) is 13.8. The van der Waals surface area contributed by atoms with Gasteiger partial charge in [0.1, 0.15) is 0 Å². The third-order valence-electron chi connectivity index (χ3n) is 2.70. The number of nitrogens with zero attached hydrogens (tertiary/aromatic N) is 1. The predicted molar refractivity (Wildman–Crippen MR) is 74.4 cm³/mol. The van der Waals surface area contributed by atoms with E-state index in [0.717, 1.165) is 11.3 Å². The van der Waals surface area contributed by atoms with Crippen molar-refractivity contribution < 1.29 is 9.59 Å². The van der Waals surface area contributed by atoms with Crippen LogP contribution in [0.5, 0.6) is 0 Å². The van der Waals surface area contributed by atoms with Gasteiger partial charge < -0.3 is 16.8 Å². The van der Waals surface area contributed by atoms with Crippen LogP contribution in [0.1, 0.15) is 6.42 Å². The van der Waals surface area contributed by atoms with Crippen LogP contribution in [-0.4, -0.2) is 28.1 Å². The predicted octanol–water partition coefficient (Wildman–Crippen LogP) is 0.218. The molecule has 0 aliphatic rings. The van der Waals surface area contributed by atoms with Gasteiger partial charge in [-0.15, -0.1) is 0 Å². The Morgan fingerprint density at radius 2 is 2.15 bits per heavy atom. The highest BCUT2D eigenvalue weighted by atomic mass is 16.2. The monoisotopic (exact) mass is 273 g/mol. The SMILES string of the molecule is NC(=O)CC(N)C(=O)Nc1cccc(-c2ccn[nH]2)c1. The molecule has 7 heteroatoms. The summed E-state index contributed by atoms with van der Waals surface area (Å²) in [4.78, 5) is 22.5. The van der Waals surface area contributed by atoms with Crippen molar-refractivity contribution in [2.75, 3.05) is 5.32 Å². The molecule has 0 aliphatic heterocycles. The van der Waals surface area contributed by atoms with Gasteiger partial charge in [0.2, 0.25) is 11.8 Å². The van der Waals surface area contributed by atoms with Crippen LogP contribution in [0.3, 0.4) is 0 Å². The zero-order valence-corrected chi connectivity index (χ0v) is 10.7. The smallest absolute Gasteiger partial charge is 0.241 e. The fourth-order valence-electron chi connectivity index (χ4n) is 1.73. The lowest BCUT2D eigenvalue weighted by molar-refractivity contribution is -0.123. The molecule has 7 nitrogen and oxygen atoms in total. The Morgan fingerprint density at radius 1 is 1.35 bits per heavy atom. The summed E-state index contributed by atoms with van der Waals surface area (Å²) in [6, 6.07) is 8.05. The number of carbonyl (C=O) groups is 2. The van der Waals surface area contributed by atoms with Crippen LogP contribution in [-0.2, 0) is 9.59 Å². The summed E-state index contributed by atoms with van der Waals surface area (Å²) >= 11 is 0. The maximum absolute atomic E-state index is 11.8. The molecule has 0 spiro atoms. The van der Waals surface area contributed by atoms with E-state index in [1.807, 2.05) is 12.1 Å². The van der Waals surface area contributed by atoms with E-state index in [2.05, 4.69) is 15.5 Å². The Labute approximate surface area is 115 Å². The van der Waals surface area contributed by atoms with E-state index in [1.54, 1.807) is 24.4 Å². The molecule has 104 valence electrons. The topological polar surface area (TPSA) is 127 Å². The number of benzene rings is 1. The van der Waals surface area contributed by atoms with Gasteiger partial charge in [-0.2, -0.15) is 5.10 Å². The normalized spacial score (nSPS) is 11.8. The first-order valence-electron chi connectivity index (χ1n) is 6.01. The van der Waals surface area contributed by atoms with Crippen molar-refractivity contribution in [1.82, 2.24) is 10.2 Å². The summed E-state index contributed by atoms with van der Waals surface area (Å²) in [5.41, 5.74) is 12.9. The van der Waals surface area contributed by atoms with Gasteiger partial charge in [-0.1, -0.05) is 12.1 Å². The van der Waals surface area contributed by atoms with Crippen LogP contribution in [0.15, 0.2) is 36.5 Å². The first-order valence-corrected chi connectivity index (χ1v) is 6.01. The molecule has 1 aromatic heterocycles. The van der Waals surface area contributed by atoms with Crippen molar-refractivity contribution in [2.24, 2.45) is 11.5 Å². The summed E-state index contributed by atoms with van der Waals surface area (Å²) < 4.78 is 0. The molecular formula is C13H15N5O2. The third kappa shape index (κ3) is 3.42. The minimum atomic E-state index is -0.955. The molecule has 0 saturated carbocycles. The van der Waals surface area contributed by atoms with Gasteiger partial charge in [-0.25, -0.2) is 0 Å². The molecule has 6 N–H and O–H groups in total. The standard InChI is InChI=1S/C13H15N5O2/c14-10(7-12(15)19)13(20)17-9-3-1-2-8(6-9)11-4-5-16-18-11/h1-6,10H,7,14H2,(H2,15,19)(H,16,18)(H,17,20). The number of aromatic nitrogens is 2. The van der Waals surface area contributed by atoms with Gasteiger partial charge in [0.05, 0.1) is 18.2 Å². The molecule has 1 atom stereocenters. The second-order valence-electron chi connectivity index (χ2n) is 4.32. The van der Waals surface area contributed by atoms with E-state index >= 15 is 0 Å². The van der Waals surface area contributed by atoms with Gasteiger partial charge in [0.25, 0.3) is 0 Å². The van der Waals surface area contributed by atoms with Gasteiger partial charge in [0, 0.05) is 17.4 Å². The number of primary amides is 1. The summed E-state index contributed by atoms with van der Waals surface area (Å²) in [6.45, 7) is 0. The Balaban J connectivity index is 2.08. The average molecular weight is 273 g/mol. The van der Waals surface area contributed by atoms with E-state index in [0.29, 0.717) is 5.69 Å². The molecule has 0 saturated heterocycles. The van der Waals surface area contributed by atoms with Crippen molar-refractivity contribution >= 4 is 17.5 Å². The fourth-order valence-corrected chi connectivity index (χ4v) is 1.73. The van der Waals surface area contributed by atoms with E-state index in [1.165, 1.54) is 0 Å². The van der Waals surface area contributed by atoms with E-state index in [-0.39, 0.29) is 6.42 Å². The molecule has 0 aliphatic carbocycles.